The van der Waals surface area contributed by atoms with E-state index < -0.39 is 11.8 Å². The van der Waals surface area contributed by atoms with Crippen LogP contribution in [-0.4, -0.2) is 53.9 Å². The van der Waals surface area contributed by atoms with Crippen LogP contribution in [-0.2, 0) is 9.47 Å². The standard InChI is InChI=1S/C22H18ClFN4O3/c1-30-22(29)14-11-17(27-7-9-31-10-8-27)18(24)21-20(14)26-12-28(21)16-5-6-25-19-13(16)3-2-4-15(19)23/h2-6,11-12H,7-10H2,1H3. The molecule has 0 radical (unpaired) electrons. The number of pyridine rings is 1. The van der Waals surface area contributed by atoms with Crippen molar-refractivity contribution in [3.63, 3.8) is 0 Å². The number of carbonyl (C=O) groups is 1. The quantitative estimate of drug-likeness (QED) is 0.449. The van der Waals surface area contributed by atoms with Crippen molar-refractivity contribution in [2.45, 2.75) is 0 Å². The number of nitrogens with zero attached hydrogens (tertiary/aromatic N) is 4. The maximum absolute atomic E-state index is 15.9. The fourth-order valence-electron chi connectivity index (χ4n) is 3.96. The number of halogens is 2. The molecule has 1 aliphatic rings. The van der Waals surface area contributed by atoms with Gasteiger partial charge in [0.2, 0.25) is 0 Å². The lowest BCUT2D eigenvalue weighted by atomic mass is 10.1. The van der Waals surface area contributed by atoms with Gasteiger partial charge < -0.3 is 14.4 Å². The Hall–Kier alpha value is -3.23. The molecule has 1 saturated heterocycles. The van der Waals surface area contributed by atoms with Gasteiger partial charge in [-0.25, -0.2) is 14.2 Å². The summed E-state index contributed by atoms with van der Waals surface area (Å²) in [4.78, 5) is 23.1. The van der Waals surface area contributed by atoms with Crippen molar-refractivity contribution in [3.05, 3.63) is 59.3 Å². The van der Waals surface area contributed by atoms with Crippen molar-refractivity contribution >= 4 is 45.2 Å². The minimum Gasteiger partial charge on any atom is -0.465 e. The van der Waals surface area contributed by atoms with Crippen LogP contribution in [0.1, 0.15) is 10.4 Å². The number of carbonyl (C=O) groups excluding carboxylic acids is 1. The summed E-state index contributed by atoms with van der Waals surface area (Å²) in [6.07, 6.45) is 3.11. The maximum atomic E-state index is 15.9. The fraction of sp³-hybridized carbons (Fsp3) is 0.227. The lowest BCUT2D eigenvalue weighted by molar-refractivity contribution is 0.0602. The van der Waals surface area contributed by atoms with Gasteiger partial charge in [0.05, 0.1) is 47.8 Å². The zero-order valence-electron chi connectivity index (χ0n) is 16.6. The molecule has 0 amide bonds. The van der Waals surface area contributed by atoms with Gasteiger partial charge >= 0.3 is 5.97 Å². The maximum Gasteiger partial charge on any atom is 0.340 e. The molecule has 0 saturated carbocycles. The Balaban J connectivity index is 1.82. The molecule has 1 fully saturated rings. The number of para-hydroxylation sites is 1. The van der Waals surface area contributed by atoms with Gasteiger partial charge in [0.25, 0.3) is 0 Å². The van der Waals surface area contributed by atoms with Gasteiger partial charge in [-0.2, -0.15) is 0 Å². The number of imidazole rings is 1. The number of aromatic nitrogens is 3. The third-order valence-electron chi connectivity index (χ3n) is 5.45. The number of anilines is 1. The Morgan fingerprint density at radius 1 is 1.16 bits per heavy atom. The Labute approximate surface area is 182 Å². The zero-order chi connectivity index (χ0) is 21.5. The highest BCUT2D eigenvalue weighted by Crippen LogP contribution is 2.34. The molecule has 3 heterocycles. The molecule has 31 heavy (non-hydrogen) atoms. The van der Waals surface area contributed by atoms with Crippen LogP contribution in [0.25, 0.3) is 27.6 Å². The summed E-state index contributed by atoms with van der Waals surface area (Å²) in [5.41, 5.74) is 2.19. The number of benzene rings is 2. The Bertz CT molecular complexity index is 1320. The molecule has 0 atom stereocenters. The first-order chi connectivity index (χ1) is 15.1. The van der Waals surface area contributed by atoms with Crippen LogP contribution in [0.15, 0.2) is 42.9 Å². The van der Waals surface area contributed by atoms with Crippen molar-refractivity contribution in [1.82, 2.24) is 14.5 Å². The average Bonchev–Trinajstić information content (AvgIpc) is 3.25. The Morgan fingerprint density at radius 2 is 1.97 bits per heavy atom. The van der Waals surface area contributed by atoms with Gasteiger partial charge in [0, 0.05) is 24.7 Å². The SMILES string of the molecule is COC(=O)c1cc(N2CCOCC2)c(F)c2c1ncn2-c1ccnc2c(Cl)cccc12. The van der Waals surface area contributed by atoms with E-state index in [2.05, 4.69) is 9.97 Å². The van der Waals surface area contributed by atoms with E-state index in [4.69, 9.17) is 21.1 Å². The van der Waals surface area contributed by atoms with Crippen molar-refractivity contribution in [1.29, 1.82) is 0 Å². The van der Waals surface area contributed by atoms with E-state index in [9.17, 15) is 4.79 Å². The summed E-state index contributed by atoms with van der Waals surface area (Å²) in [5, 5.41) is 1.23. The predicted octanol–water partition coefficient (Wildman–Crippen LogP) is 3.99. The average molecular weight is 441 g/mol. The molecule has 0 bridgehead atoms. The highest BCUT2D eigenvalue weighted by molar-refractivity contribution is 6.35. The minimum absolute atomic E-state index is 0.192. The topological polar surface area (TPSA) is 69.5 Å². The summed E-state index contributed by atoms with van der Waals surface area (Å²) in [6, 6.07) is 8.69. The van der Waals surface area contributed by atoms with Crippen LogP contribution < -0.4 is 4.90 Å². The molecule has 7 nitrogen and oxygen atoms in total. The Morgan fingerprint density at radius 3 is 2.74 bits per heavy atom. The fourth-order valence-corrected chi connectivity index (χ4v) is 4.19. The monoisotopic (exact) mass is 440 g/mol. The van der Waals surface area contributed by atoms with E-state index in [-0.39, 0.29) is 16.6 Å². The van der Waals surface area contributed by atoms with Crippen molar-refractivity contribution in [3.8, 4) is 5.69 Å². The molecule has 0 unspecified atom stereocenters. The highest BCUT2D eigenvalue weighted by Gasteiger charge is 2.26. The first-order valence-electron chi connectivity index (χ1n) is 9.74. The number of fused-ring (bicyclic) bond motifs is 2. The van der Waals surface area contributed by atoms with Gasteiger partial charge in [-0.1, -0.05) is 23.7 Å². The number of hydrogen-bond donors (Lipinski definition) is 0. The summed E-state index contributed by atoms with van der Waals surface area (Å²) in [5.74, 6) is -1.04. The van der Waals surface area contributed by atoms with E-state index in [0.717, 1.165) is 5.39 Å². The third-order valence-corrected chi connectivity index (χ3v) is 5.76. The number of esters is 1. The van der Waals surface area contributed by atoms with Crippen LogP contribution in [0, 0.1) is 5.82 Å². The normalized spacial score (nSPS) is 14.4. The molecule has 9 heteroatoms. The smallest absolute Gasteiger partial charge is 0.340 e. The molecule has 158 valence electrons. The summed E-state index contributed by atoms with van der Waals surface area (Å²) in [7, 11) is 1.29. The molecule has 5 rings (SSSR count). The zero-order valence-corrected chi connectivity index (χ0v) is 17.4. The summed E-state index contributed by atoms with van der Waals surface area (Å²) in [6.45, 7) is 2.01. The van der Waals surface area contributed by atoms with Crippen LogP contribution in [0.5, 0.6) is 0 Å². The molecule has 2 aromatic heterocycles. The van der Waals surface area contributed by atoms with Gasteiger partial charge in [0.1, 0.15) is 17.4 Å². The van der Waals surface area contributed by atoms with Gasteiger partial charge in [-0.05, 0) is 18.2 Å². The number of hydrogen-bond acceptors (Lipinski definition) is 6. The minimum atomic E-state index is -0.576. The second kappa shape index (κ2) is 7.79. The molecule has 4 aromatic rings. The van der Waals surface area contributed by atoms with Crippen LogP contribution >= 0.6 is 11.6 Å². The molecule has 2 aromatic carbocycles. The van der Waals surface area contributed by atoms with Gasteiger partial charge in [-0.15, -0.1) is 0 Å². The first kappa shape index (κ1) is 19.7. The van der Waals surface area contributed by atoms with E-state index in [0.29, 0.717) is 48.2 Å². The van der Waals surface area contributed by atoms with Gasteiger partial charge in [-0.3, -0.25) is 9.55 Å². The molecule has 0 aliphatic carbocycles. The van der Waals surface area contributed by atoms with Crippen LogP contribution in [0.3, 0.4) is 0 Å². The number of morpholine rings is 1. The second-order valence-corrected chi connectivity index (χ2v) is 7.53. The van der Waals surface area contributed by atoms with Crippen molar-refractivity contribution < 1.29 is 18.7 Å². The lowest BCUT2D eigenvalue weighted by Gasteiger charge is -2.29. The summed E-state index contributed by atoms with van der Waals surface area (Å²) < 4.78 is 27.9. The number of ether oxygens (including phenoxy) is 2. The molecule has 1 aliphatic heterocycles. The molecule has 0 N–H and O–H groups in total. The first-order valence-corrected chi connectivity index (χ1v) is 10.1. The van der Waals surface area contributed by atoms with Crippen molar-refractivity contribution in [2.24, 2.45) is 0 Å². The van der Waals surface area contributed by atoms with Crippen LogP contribution in [0.2, 0.25) is 5.02 Å². The van der Waals surface area contributed by atoms with E-state index in [1.807, 2.05) is 17.0 Å². The largest absolute Gasteiger partial charge is 0.465 e. The van der Waals surface area contributed by atoms with E-state index in [1.54, 1.807) is 22.9 Å². The molecule has 0 spiro atoms. The highest BCUT2D eigenvalue weighted by atomic mass is 35.5. The second-order valence-electron chi connectivity index (χ2n) is 7.13. The number of rotatable bonds is 3. The van der Waals surface area contributed by atoms with E-state index in [1.165, 1.54) is 19.5 Å². The van der Waals surface area contributed by atoms with Crippen LogP contribution in [0.4, 0.5) is 10.1 Å². The third kappa shape index (κ3) is 3.19. The lowest BCUT2D eigenvalue weighted by Crippen LogP contribution is -2.37. The van der Waals surface area contributed by atoms with Gasteiger partial charge in [0.15, 0.2) is 5.82 Å². The molecular weight excluding hydrogens is 423 g/mol. The molecular formula is C22H18ClFN4O3. The number of methoxy groups -OCH3 is 1. The predicted molar refractivity (Wildman–Crippen MR) is 116 cm³/mol. The van der Waals surface area contributed by atoms with E-state index >= 15 is 4.39 Å². The van der Waals surface area contributed by atoms with Crippen molar-refractivity contribution in [2.75, 3.05) is 38.3 Å². The Kier molecular flexibility index (Phi) is 4.95. The summed E-state index contributed by atoms with van der Waals surface area (Å²) >= 11 is 6.31.